The van der Waals surface area contributed by atoms with Crippen molar-refractivity contribution < 1.29 is 6.16 Å². The van der Waals surface area contributed by atoms with E-state index in [9.17, 15) is 0 Å². The summed E-state index contributed by atoms with van der Waals surface area (Å²) in [5.74, 6) is 0.836. The van der Waals surface area contributed by atoms with Gasteiger partial charge in [-0.3, -0.25) is 4.99 Å². The Morgan fingerprint density at radius 3 is 2.06 bits per heavy atom. The second-order valence-electron chi connectivity index (χ2n) is 9.57. The van der Waals surface area contributed by atoms with Gasteiger partial charge in [0, 0.05) is 32.0 Å². The molecule has 0 heterocycles. The summed E-state index contributed by atoms with van der Waals surface area (Å²) >= 11 is 0. The van der Waals surface area contributed by atoms with Crippen LogP contribution in [0.2, 0.25) is 0 Å². The number of allylic oxidation sites excluding steroid dienone is 3. The molecule has 192 valence electrons. The molecule has 0 fully saturated rings. The Morgan fingerprint density at radius 2 is 1.50 bits per heavy atom. The minimum Gasteiger partial charge on any atom is -0.489 e. The van der Waals surface area contributed by atoms with E-state index in [4.69, 9.17) is 4.74 Å². The molecule has 0 aromatic heterocycles. The number of benzene rings is 3. The van der Waals surface area contributed by atoms with Crippen molar-refractivity contribution in [1.29, 1.82) is 0 Å². The Bertz CT molecular complexity index is 1140. The van der Waals surface area contributed by atoms with Crippen LogP contribution in [0.4, 0.5) is 5.69 Å². The molecule has 0 bridgehead atoms. The average molecular weight is 485 g/mol. The summed E-state index contributed by atoms with van der Waals surface area (Å²) in [6.07, 6.45) is 2.84. The molecule has 0 aliphatic rings. The van der Waals surface area contributed by atoms with E-state index >= 15 is 0 Å². The highest BCUT2D eigenvalue weighted by atomic mass is 16.5. The Balaban J connectivity index is 0.00000223. The van der Waals surface area contributed by atoms with Crippen molar-refractivity contribution in [2.24, 2.45) is 10.4 Å². The maximum Gasteiger partial charge on any atom is 0.119 e. The van der Waals surface area contributed by atoms with E-state index in [1.165, 1.54) is 16.7 Å². The van der Waals surface area contributed by atoms with Crippen molar-refractivity contribution in [3.63, 3.8) is 0 Å². The first-order valence-electron chi connectivity index (χ1n) is 12.7. The number of anilines is 1. The molecule has 0 aliphatic heterocycles. The van der Waals surface area contributed by atoms with Gasteiger partial charge in [0.05, 0.1) is 0 Å². The highest BCUT2D eigenvalue weighted by Crippen LogP contribution is 2.25. The van der Waals surface area contributed by atoms with Crippen molar-refractivity contribution >= 4 is 11.4 Å². The zero-order chi connectivity index (χ0) is 26.6. The minimum atomic E-state index is 0. The van der Waals surface area contributed by atoms with Gasteiger partial charge in [-0.2, -0.15) is 0 Å². The fourth-order valence-corrected chi connectivity index (χ4v) is 3.35. The van der Waals surface area contributed by atoms with E-state index in [0.717, 1.165) is 28.4 Å². The second kappa shape index (κ2) is 14.1. The molecule has 3 heteroatoms. The van der Waals surface area contributed by atoms with Gasteiger partial charge in [-0.05, 0) is 59.4 Å². The summed E-state index contributed by atoms with van der Waals surface area (Å²) in [5, 5.41) is 3.38. The zero-order valence-corrected chi connectivity index (χ0v) is 23.1. The first-order chi connectivity index (χ1) is 17.2. The molecular weight excluding hydrogens is 440 g/mol. The Morgan fingerprint density at radius 1 is 0.917 bits per heavy atom. The highest BCUT2D eigenvalue weighted by molar-refractivity contribution is 5.97. The van der Waals surface area contributed by atoms with Gasteiger partial charge < -0.3 is 10.1 Å². The summed E-state index contributed by atoms with van der Waals surface area (Å²) in [6.45, 7) is 17.5. The van der Waals surface area contributed by atoms with Gasteiger partial charge in [-0.1, -0.05) is 101 Å². The molecule has 0 saturated carbocycles. The fraction of sp³-hybridized carbons (Fsp3) is 0.303. The van der Waals surface area contributed by atoms with Crippen LogP contribution in [0.25, 0.3) is 11.1 Å². The van der Waals surface area contributed by atoms with Gasteiger partial charge in [0.25, 0.3) is 0 Å². The van der Waals surface area contributed by atoms with Gasteiger partial charge in [0.2, 0.25) is 0 Å². The first-order valence-corrected chi connectivity index (χ1v) is 12.7. The lowest BCUT2D eigenvalue weighted by Gasteiger charge is -2.20. The summed E-state index contributed by atoms with van der Waals surface area (Å²) in [5.41, 5.74) is 7.91. The fourth-order valence-electron chi connectivity index (χ4n) is 3.35. The molecule has 0 atom stereocenters. The SMILES string of the molecule is C=C(CC(/C=C(\C)C(C)(C)C)=NC)Nc1ccc(OCc2ccc(-c3ccccc3)cc2)cc1.CC.[HH]. The number of ether oxygens (including phenoxy) is 1. The first kappa shape index (κ1) is 28.6. The van der Waals surface area contributed by atoms with Crippen LogP contribution in [0.15, 0.2) is 108 Å². The normalized spacial score (nSPS) is 11.9. The van der Waals surface area contributed by atoms with Crippen LogP contribution in [0, 0.1) is 5.41 Å². The lowest BCUT2D eigenvalue weighted by atomic mass is 9.86. The number of hydrogen-bond acceptors (Lipinski definition) is 3. The van der Waals surface area contributed by atoms with Crippen LogP contribution in [0.3, 0.4) is 0 Å². The minimum absolute atomic E-state index is 0. The summed E-state index contributed by atoms with van der Waals surface area (Å²) in [6, 6.07) is 26.9. The van der Waals surface area contributed by atoms with Crippen LogP contribution in [0.5, 0.6) is 5.75 Å². The number of hydrogen-bond donors (Lipinski definition) is 1. The third-order valence-corrected chi connectivity index (χ3v) is 5.89. The summed E-state index contributed by atoms with van der Waals surface area (Å²) in [7, 11) is 1.83. The van der Waals surface area contributed by atoms with Crippen molar-refractivity contribution in [3.8, 4) is 16.9 Å². The maximum atomic E-state index is 5.98. The van der Waals surface area contributed by atoms with Gasteiger partial charge in [0.15, 0.2) is 0 Å². The van der Waals surface area contributed by atoms with E-state index in [0.29, 0.717) is 13.0 Å². The van der Waals surface area contributed by atoms with Crippen LogP contribution in [-0.4, -0.2) is 12.8 Å². The van der Waals surface area contributed by atoms with E-state index in [1.807, 2.05) is 51.2 Å². The van der Waals surface area contributed by atoms with E-state index in [2.05, 4.69) is 99.2 Å². The molecule has 0 saturated heterocycles. The van der Waals surface area contributed by atoms with E-state index in [-0.39, 0.29) is 6.84 Å². The van der Waals surface area contributed by atoms with Crippen molar-refractivity contribution in [2.45, 2.75) is 54.6 Å². The third-order valence-electron chi connectivity index (χ3n) is 5.89. The van der Waals surface area contributed by atoms with Crippen molar-refractivity contribution in [3.05, 3.63) is 108 Å². The highest BCUT2D eigenvalue weighted by Gasteiger charge is 2.13. The molecular formula is C33H44N2O. The molecule has 0 aliphatic carbocycles. The molecule has 1 N–H and O–H groups in total. The molecule has 0 radical (unpaired) electrons. The summed E-state index contributed by atoms with van der Waals surface area (Å²) < 4.78 is 5.98. The number of nitrogens with zero attached hydrogens (tertiary/aromatic N) is 1. The smallest absolute Gasteiger partial charge is 0.119 e. The van der Waals surface area contributed by atoms with Crippen LogP contribution >= 0.6 is 0 Å². The molecule has 0 unspecified atom stereocenters. The molecule has 3 rings (SSSR count). The van der Waals surface area contributed by atoms with Gasteiger partial charge in [-0.15, -0.1) is 0 Å². The Hall–Kier alpha value is -3.59. The molecule has 3 aromatic carbocycles. The maximum absolute atomic E-state index is 5.98. The predicted molar refractivity (Wildman–Crippen MR) is 160 cm³/mol. The van der Waals surface area contributed by atoms with Crippen molar-refractivity contribution in [2.75, 3.05) is 12.4 Å². The second-order valence-corrected chi connectivity index (χ2v) is 9.57. The molecule has 36 heavy (non-hydrogen) atoms. The molecule has 0 amide bonds. The third kappa shape index (κ3) is 9.22. The average Bonchev–Trinajstić information content (AvgIpc) is 2.89. The number of rotatable bonds is 9. The van der Waals surface area contributed by atoms with Crippen LogP contribution in [0.1, 0.15) is 55.0 Å². The topological polar surface area (TPSA) is 33.6 Å². The largest absolute Gasteiger partial charge is 0.489 e. The van der Waals surface area contributed by atoms with E-state index in [1.54, 1.807) is 0 Å². The van der Waals surface area contributed by atoms with Crippen molar-refractivity contribution in [1.82, 2.24) is 0 Å². The quantitative estimate of drug-likeness (QED) is 0.307. The molecule has 3 nitrogen and oxygen atoms in total. The standard InChI is InChI=1S/C31H36N2O.C2H6.H2/c1-23(31(3,4)5)20-29(32-6)21-24(2)33-28-16-18-30(19-17-28)34-22-25-12-14-27(15-13-25)26-10-8-7-9-11-26;1-2;/h7-20,33H,2,21-22H2,1,3-6H3;1-2H3;1H/b23-20+,32-29?;;. The van der Waals surface area contributed by atoms with Crippen LogP contribution < -0.4 is 10.1 Å². The van der Waals surface area contributed by atoms with E-state index < -0.39 is 0 Å². The molecule has 3 aromatic rings. The Kier molecular flexibility index (Phi) is 11.2. The zero-order valence-electron chi connectivity index (χ0n) is 23.1. The van der Waals surface area contributed by atoms with Gasteiger partial charge >= 0.3 is 0 Å². The molecule has 0 spiro atoms. The Labute approximate surface area is 220 Å². The van der Waals surface area contributed by atoms with Crippen LogP contribution in [-0.2, 0) is 6.61 Å². The predicted octanol–water partition coefficient (Wildman–Crippen LogP) is 9.58. The van der Waals surface area contributed by atoms with Gasteiger partial charge in [0.1, 0.15) is 12.4 Å². The lowest BCUT2D eigenvalue weighted by Crippen LogP contribution is -2.10. The number of aliphatic imine (C=N–C) groups is 1. The summed E-state index contributed by atoms with van der Waals surface area (Å²) in [4.78, 5) is 4.43. The number of nitrogens with one attached hydrogen (secondary N) is 1. The monoisotopic (exact) mass is 484 g/mol. The van der Waals surface area contributed by atoms with Gasteiger partial charge in [-0.25, -0.2) is 0 Å². The lowest BCUT2D eigenvalue weighted by molar-refractivity contribution is 0.306.